The molecule has 3 aromatic rings. The molecule has 0 saturated heterocycles. The molecular weight excluding hydrogens is 330 g/mol. The van der Waals surface area contributed by atoms with E-state index in [0.717, 1.165) is 17.0 Å². The summed E-state index contributed by atoms with van der Waals surface area (Å²) < 4.78 is 5.39. The van der Waals surface area contributed by atoms with Gasteiger partial charge in [0.2, 0.25) is 0 Å². The number of aryl methyl sites for hydroxylation is 1. The lowest BCUT2D eigenvalue weighted by Gasteiger charge is -2.16. The van der Waals surface area contributed by atoms with Crippen LogP contribution in [0.15, 0.2) is 65.4 Å². The van der Waals surface area contributed by atoms with Crippen LogP contribution in [0.5, 0.6) is 0 Å². The molecule has 1 amide bonds. The van der Waals surface area contributed by atoms with E-state index in [1.807, 2.05) is 37.3 Å². The molecule has 0 radical (unpaired) electrons. The zero-order chi connectivity index (χ0) is 18.4. The molecule has 1 unspecified atom stereocenters. The number of carbonyl (C=O) groups excluding carboxylic acids is 1. The average molecular weight is 351 g/mol. The van der Waals surface area contributed by atoms with Gasteiger partial charge in [-0.15, -0.1) is 0 Å². The predicted octanol–water partition coefficient (Wildman–Crippen LogP) is 3.77. The molecule has 1 atom stereocenters. The molecule has 3 rings (SSSR count). The average Bonchev–Trinajstić information content (AvgIpc) is 3.18. The second-order valence-corrected chi connectivity index (χ2v) is 5.98. The fourth-order valence-electron chi connectivity index (χ4n) is 2.54. The monoisotopic (exact) mass is 351 g/mol. The summed E-state index contributed by atoms with van der Waals surface area (Å²) in [5.74, 6) is 1.11. The third-order valence-corrected chi connectivity index (χ3v) is 3.96. The van der Waals surface area contributed by atoms with Crippen molar-refractivity contribution in [3.63, 3.8) is 0 Å². The third-order valence-electron chi connectivity index (χ3n) is 3.96. The van der Waals surface area contributed by atoms with E-state index in [-0.39, 0.29) is 18.6 Å². The van der Waals surface area contributed by atoms with Crippen molar-refractivity contribution >= 4 is 17.4 Å². The van der Waals surface area contributed by atoms with Gasteiger partial charge in [-0.2, -0.15) is 0 Å². The van der Waals surface area contributed by atoms with Crippen LogP contribution in [0, 0.1) is 6.92 Å². The second-order valence-electron chi connectivity index (χ2n) is 5.98. The number of hydrogen-bond acceptors (Lipinski definition) is 5. The quantitative estimate of drug-likeness (QED) is 0.603. The molecule has 134 valence electrons. The lowest BCUT2D eigenvalue weighted by molar-refractivity contribution is 0.102. The Morgan fingerprint density at radius 2 is 2.00 bits per heavy atom. The number of nitrogens with one attached hydrogen (secondary N) is 2. The molecule has 2 heterocycles. The van der Waals surface area contributed by atoms with Crippen molar-refractivity contribution in [1.29, 1.82) is 0 Å². The highest BCUT2D eigenvalue weighted by molar-refractivity contribution is 6.04. The largest absolute Gasteiger partial charge is 0.467 e. The minimum absolute atomic E-state index is 0.0232. The number of aromatic nitrogens is 1. The van der Waals surface area contributed by atoms with Gasteiger partial charge >= 0.3 is 0 Å². The maximum atomic E-state index is 12.3. The van der Waals surface area contributed by atoms with E-state index in [4.69, 9.17) is 4.42 Å². The van der Waals surface area contributed by atoms with Gasteiger partial charge in [0.25, 0.3) is 5.91 Å². The normalized spacial score (nSPS) is 11.8. The summed E-state index contributed by atoms with van der Waals surface area (Å²) in [5, 5.41) is 15.3. The first-order chi connectivity index (χ1) is 12.7. The van der Waals surface area contributed by atoms with Crippen LogP contribution in [0.1, 0.15) is 34.1 Å². The van der Waals surface area contributed by atoms with Gasteiger partial charge in [0, 0.05) is 18.5 Å². The lowest BCUT2D eigenvalue weighted by atomic mass is 10.1. The standard InChI is InChI=1S/C20H21N3O3/c1-14-4-7-16(8-5-14)22-20(25)15-6-9-19(21-13-15)23-17(10-11-24)18-3-2-12-26-18/h2-9,12-13,17,24H,10-11H2,1H3,(H,21,23)(H,22,25). The van der Waals surface area contributed by atoms with Gasteiger partial charge in [0.15, 0.2) is 0 Å². The number of hydrogen-bond donors (Lipinski definition) is 3. The number of benzene rings is 1. The molecule has 0 spiro atoms. The second kappa shape index (κ2) is 8.31. The molecule has 2 aromatic heterocycles. The minimum atomic E-state index is -0.217. The zero-order valence-electron chi connectivity index (χ0n) is 14.5. The fraction of sp³-hybridized carbons (Fsp3) is 0.200. The van der Waals surface area contributed by atoms with Gasteiger partial charge in [-0.3, -0.25) is 4.79 Å². The van der Waals surface area contributed by atoms with Gasteiger partial charge in [-0.25, -0.2) is 4.98 Å². The number of anilines is 2. The van der Waals surface area contributed by atoms with Crippen molar-refractivity contribution < 1.29 is 14.3 Å². The molecular formula is C20H21N3O3. The van der Waals surface area contributed by atoms with Crippen LogP contribution in [-0.4, -0.2) is 22.6 Å². The third kappa shape index (κ3) is 4.49. The van der Waals surface area contributed by atoms with E-state index in [2.05, 4.69) is 15.6 Å². The number of pyridine rings is 1. The highest BCUT2D eigenvalue weighted by Gasteiger charge is 2.15. The summed E-state index contributed by atoms with van der Waals surface area (Å²) in [5.41, 5.74) is 2.34. The van der Waals surface area contributed by atoms with Crippen LogP contribution in [0.3, 0.4) is 0 Å². The van der Waals surface area contributed by atoms with Crippen LogP contribution in [0.2, 0.25) is 0 Å². The highest BCUT2D eigenvalue weighted by Crippen LogP contribution is 2.22. The maximum Gasteiger partial charge on any atom is 0.257 e. The molecule has 3 N–H and O–H groups in total. The number of furan rings is 1. The molecule has 0 aliphatic heterocycles. The van der Waals surface area contributed by atoms with Crippen molar-refractivity contribution in [2.24, 2.45) is 0 Å². The van der Waals surface area contributed by atoms with Crippen LogP contribution >= 0.6 is 0 Å². The Kier molecular flexibility index (Phi) is 5.66. The van der Waals surface area contributed by atoms with Crippen molar-refractivity contribution in [1.82, 2.24) is 4.98 Å². The van der Waals surface area contributed by atoms with E-state index in [9.17, 15) is 9.90 Å². The minimum Gasteiger partial charge on any atom is -0.467 e. The molecule has 6 heteroatoms. The van der Waals surface area contributed by atoms with Gasteiger partial charge in [0.05, 0.1) is 17.9 Å². The van der Waals surface area contributed by atoms with Crippen molar-refractivity contribution in [2.75, 3.05) is 17.2 Å². The number of amides is 1. The molecule has 1 aromatic carbocycles. The predicted molar refractivity (Wildman–Crippen MR) is 100 cm³/mol. The van der Waals surface area contributed by atoms with E-state index in [0.29, 0.717) is 17.8 Å². The van der Waals surface area contributed by atoms with E-state index >= 15 is 0 Å². The van der Waals surface area contributed by atoms with Crippen molar-refractivity contribution in [2.45, 2.75) is 19.4 Å². The Morgan fingerprint density at radius 1 is 1.19 bits per heavy atom. The summed E-state index contributed by atoms with van der Waals surface area (Å²) in [6.45, 7) is 2.02. The zero-order valence-corrected chi connectivity index (χ0v) is 14.5. The first-order valence-corrected chi connectivity index (χ1v) is 8.40. The van der Waals surface area contributed by atoms with Crippen molar-refractivity contribution in [3.8, 4) is 0 Å². The summed E-state index contributed by atoms with van der Waals surface area (Å²) in [6.07, 6.45) is 3.60. The summed E-state index contributed by atoms with van der Waals surface area (Å²) in [4.78, 5) is 16.6. The molecule has 0 aliphatic carbocycles. The van der Waals surface area contributed by atoms with Crippen molar-refractivity contribution in [3.05, 3.63) is 77.9 Å². The fourth-order valence-corrected chi connectivity index (χ4v) is 2.54. The number of nitrogens with zero attached hydrogens (tertiary/aromatic N) is 1. The van der Waals surface area contributed by atoms with Gasteiger partial charge in [0.1, 0.15) is 11.6 Å². The van der Waals surface area contributed by atoms with E-state index in [1.54, 1.807) is 24.5 Å². The summed E-state index contributed by atoms with van der Waals surface area (Å²) in [6, 6.07) is 14.5. The van der Waals surface area contributed by atoms with Crippen LogP contribution in [0.25, 0.3) is 0 Å². The number of carbonyl (C=O) groups is 1. The van der Waals surface area contributed by atoms with E-state index < -0.39 is 0 Å². The first kappa shape index (κ1) is 17.7. The molecule has 6 nitrogen and oxygen atoms in total. The Balaban J connectivity index is 1.65. The number of rotatable bonds is 7. The van der Waals surface area contributed by atoms with Gasteiger partial charge in [-0.1, -0.05) is 17.7 Å². The van der Waals surface area contributed by atoms with Crippen LogP contribution < -0.4 is 10.6 Å². The first-order valence-electron chi connectivity index (χ1n) is 8.40. The maximum absolute atomic E-state index is 12.3. The Labute approximate surface area is 151 Å². The SMILES string of the molecule is Cc1ccc(NC(=O)c2ccc(NC(CCO)c3ccco3)nc2)cc1. The Hall–Kier alpha value is -3.12. The highest BCUT2D eigenvalue weighted by atomic mass is 16.3. The molecule has 0 saturated carbocycles. The van der Waals surface area contributed by atoms with Crippen LogP contribution in [-0.2, 0) is 0 Å². The molecule has 0 fully saturated rings. The molecule has 0 aliphatic rings. The Bertz CT molecular complexity index is 828. The van der Waals surface area contributed by atoms with E-state index in [1.165, 1.54) is 6.20 Å². The topological polar surface area (TPSA) is 87.4 Å². The smallest absolute Gasteiger partial charge is 0.257 e. The van der Waals surface area contributed by atoms with Gasteiger partial charge < -0.3 is 20.2 Å². The van der Waals surface area contributed by atoms with Gasteiger partial charge in [-0.05, 0) is 49.7 Å². The molecule has 0 bridgehead atoms. The summed E-state index contributed by atoms with van der Waals surface area (Å²) >= 11 is 0. The lowest BCUT2D eigenvalue weighted by Crippen LogP contribution is -2.14. The Morgan fingerprint density at radius 3 is 2.62 bits per heavy atom. The number of aliphatic hydroxyl groups excluding tert-OH is 1. The number of aliphatic hydroxyl groups is 1. The van der Waals surface area contributed by atoms with Crippen LogP contribution in [0.4, 0.5) is 11.5 Å². The molecule has 26 heavy (non-hydrogen) atoms. The summed E-state index contributed by atoms with van der Waals surface area (Å²) in [7, 11) is 0.